The molecule has 8 heteroatoms. The van der Waals surface area contributed by atoms with Crippen LogP contribution in [0.3, 0.4) is 0 Å². The van der Waals surface area contributed by atoms with Crippen molar-refractivity contribution in [1.82, 2.24) is 10.0 Å². The van der Waals surface area contributed by atoms with Gasteiger partial charge < -0.3 is 15.2 Å². The van der Waals surface area contributed by atoms with Crippen LogP contribution in [-0.2, 0) is 19.6 Å². The molecule has 3 N–H and O–H groups in total. The first-order valence-electron chi connectivity index (χ1n) is 5.95. The summed E-state index contributed by atoms with van der Waals surface area (Å²) in [7, 11) is -2.30. The quantitative estimate of drug-likeness (QED) is 0.606. The fourth-order valence-corrected chi connectivity index (χ4v) is 2.61. The minimum atomic E-state index is -3.81. The average Bonchev–Trinajstić information content (AvgIpc) is 2.38. The Kier molecular flexibility index (Phi) is 5.93. The lowest BCUT2D eigenvalue weighted by Gasteiger charge is -2.14. The van der Waals surface area contributed by atoms with E-state index in [-0.39, 0.29) is 10.6 Å². The molecule has 112 valence electrons. The summed E-state index contributed by atoms with van der Waals surface area (Å²) in [6.45, 7) is 2.10. The molecule has 0 aliphatic carbocycles. The van der Waals surface area contributed by atoms with Crippen molar-refractivity contribution in [2.75, 3.05) is 20.3 Å². The van der Waals surface area contributed by atoms with E-state index in [2.05, 4.69) is 10.0 Å². The second-order valence-electron chi connectivity index (χ2n) is 4.12. The second-order valence-corrected chi connectivity index (χ2v) is 5.83. The SMILES string of the molecule is COCCNC(=O)C(C)NS(=O)(=O)c1ccc(O)cc1. The number of benzene rings is 1. The molecule has 0 saturated carbocycles. The second kappa shape index (κ2) is 7.22. The summed E-state index contributed by atoms with van der Waals surface area (Å²) in [5.74, 6) is -0.473. The van der Waals surface area contributed by atoms with Gasteiger partial charge >= 0.3 is 0 Å². The van der Waals surface area contributed by atoms with Crippen LogP contribution in [0.1, 0.15) is 6.92 Å². The highest BCUT2D eigenvalue weighted by atomic mass is 32.2. The van der Waals surface area contributed by atoms with Gasteiger partial charge in [0.25, 0.3) is 0 Å². The predicted molar refractivity (Wildman–Crippen MR) is 72.8 cm³/mol. The first kappa shape index (κ1) is 16.4. The number of phenols is 1. The molecule has 0 aromatic heterocycles. The molecule has 1 unspecified atom stereocenters. The zero-order valence-electron chi connectivity index (χ0n) is 11.3. The third-order valence-corrected chi connectivity index (χ3v) is 4.03. The first-order chi connectivity index (χ1) is 9.36. The fourth-order valence-electron chi connectivity index (χ4n) is 1.41. The van der Waals surface area contributed by atoms with Crippen LogP contribution >= 0.6 is 0 Å². The van der Waals surface area contributed by atoms with E-state index in [9.17, 15) is 13.2 Å². The van der Waals surface area contributed by atoms with Crippen molar-refractivity contribution in [3.63, 3.8) is 0 Å². The van der Waals surface area contributed by atoms with Gasteiger partial charge in [0, 0.05) is 13.7 Å². The van der Waals surface area contributed by atoms with Gasteiger partial charge in [-0.2, -0.15) is 4.72 Å². The Hall–Kier alpha value is -1.64. The number of phenolic OH excluding ortho intramolecular Hbond substituents is 1. The smallest absolute Gasteiger partial charge is 0.241 e. The Balaban J connectivity index is 2.66. The van der Waals surface area contributed by atoms with Gasteiger partial charge in [0.05, 0.1) is 17.5 Å². The van der Waals surface area contributed by atoms with Crippen molar-refractivity contribution in [3.8, 4) is 5.75 Å². The van der Waals surface area contributed by atoms with Crippen molar-refractivity contribution in [2.24, 2.45) is 0 Å². The predicted octanol–water partition coefficient (Wildman–Crippen LogP) is -0.178. The van der Waals surface area contributed by atoms with E-state index in [0.717, 1.165) is 0 Å². The molecule has 1 aromatic carbocycles. The van der Waals surface area contributed by atoms with Crippen molar-refractivity contribution in [2.45, 2.75) is 17.9 Å². The summed E-state index contributed by atoms with van der Waals surface area (Å²) in [6.07, 6.45) is 0. The fraction of sp³-hybridized carbons (Fsp3) is 0.417. The molecule has 0 radical (unpaired) electrons. The Bertz CT molecular complexity index is 541. The Morgan fingerprint density at radius 3 is 2.50 bits per heavy atom. The van der Waals surface area contributed by atoms with Gasteiger partial charge in [-0.1, -0.05) is 0 Å². The van der Waals surface area contributed by atoms with E-state index in [1.165, 1.54) is 38.3 Å². The number of methoxy groups -OCH3 is 1. The van der Waals surface area contributed by atoms with Gasteiger partial charge in [-0.05, 0) is 31.2 Å². The lowest BCUT2D eigenvalue weighted by Crippen LogP contribution is -2.45. The number of aromatic hydroxyl groups is 1. The number of ether oxygens (including phenoxy) is 1. The highest BCUT2D eigenvalue weighted by Gasteiger charge is 2.21. The van der Waals surface area contributed by atoms with Crippen LogP contribution in [0.25, 0.3) is 0 Å². The third kappa shape index (κ3) is 4.80. The summed E-state index contributed by atoms with van der Waals surface area (Å²) >= 11 is 0. The number of carbonyl (C=O) groups excluding carboxylic acids is 1. The molecular weight excluding hydrogens is 284 g/mol. The van der Waals surface area contributed by atoms with Gasteiger partial charge in [-0.25, -0.2) is 8.42 Å². The molecule has 0 aliphatic heterocycles. The zero-order chi connectivity index (χ0) is 15.2. The molecule has 1 atom stereocenters. The molecule has 0 spiro atoms. The van der Waals surface area contributed by atoms with Gasteiger partial charge in [-0.3, -0.25) is 4.79 Å². The zero-order valence-corrected chi connectivity index (χ0v) is 12.1. The van der Waals surface area contributed by atoms with Crippen LogP contribution in [0.5, 0.6) is 5.75 Å². The van der Waals surface area contributed by atoms with Gasteiger partial charge in [-0.15, -0.1) is 0 Å². The average molecular weight is 302 g/mol. The number of hydrogen-bond acceptors (Lipinski definition) is 5. The largest absolute Gasteiger partial charge is 0.508 e. The van der Waals surface area contributed by atoms with Crippen LogP contribution in [0.2, 0.25) is 0 Å². The number of sulfonamides is 1. The van der Waals surface area contributed by atoms with E-state index in [1.54, 1.807) is 0 Å². The highest BCUT2D eigenvalue weighted by molar-refractivity contribution is 7.89. The minimum Gasteiger partial charge on any atom is -0.508 e. The lowest BCUT2D eigenvalue weighted by molar-refractivity contribution is -0.122. The van der Waals surface area contributed by atoms with Crippen LogP contribution in [0.15, 0.2) is 29.2 Å². The summed E-state index contributed by atoms with van der Waals surface area (Å²) in [4.78, 5) is 11.6. The third-order valence-electron chi connectivity index (χ3n) is 2.48. The van der Waals surface area contributed by atoms with E-state index in [4.69, 9.17) is 9.84 Å². The van der Waals surface area contributed by atoms with Crippen LogP contribution in [0.4, 0.5) is 0 Å². The maximum Gasteiger partial charge on any atom is 0.241 e. The van der Waals surface area contributed by atoms with E-state index in [1.807, 2.05) is 0 Å². The Morgan fingerprint density at radius 1 is 1.35 bits per heavy atom. The molecule has 1 aromatic rings. The molecule has 0 bridgehead atoms. The Morgan fingerprint density at radius 2 is 1.95 bits per heavy atom. The standard InChI is InChI=1S/C12H18N2O5S/c1-9(12(16)13-7-8-19-2)14-20(17,18)11-5-3-10(15)4-6-11/h3-6,9,14-15H,7-8H2,1-2H3,(H,13,16). The first-order valence-corrected chi connectivity index (χ1v) is 7.43. The van der Waals surface area contributed by atoms with Crippen LogP contribution < -0.4 is 10.0 Å². The van der Waals surface area contributed by atoms with Gasteiger partial charge in [0.1, 0.15) is 5.75 Å². The van der Waals surface area contributed by atoms with Gasteiger partial charge in [0.15, 0.2) is 0 Å². The molecule has 0 aliphatic rings. The molecule has 7 nitrogen and oxygen atoms in total. The van der Waals surface area contributed by atoms with Gasteiger partial charge in [0.2, 0.25) is 15.9 Å². The van der Waals surface area contributed by atoms with E-state index < -0.39 is 22.0 Å². The van der Waals surface area contributed by atoms with Crippen molar-refractivity contribution in [3.05, 3.63) is 24.3 Å². The molecule has 0 fully saturated rings. The number of hydrogen-bond donors (Lipinski definition) is 3. The topological polar surface area (TPSA) is 105 Å². The monoisotopic (exact) mass is 302 g/mol. The molecule has 20 heavy (non-hydrogen) atoms. The number of nitrogens with one attached hydrogen (secondary N) is 2. The maximum atomic E-state index is 12.0. The molecule has 0 saturated heterocycles. The molecule has 1 amide bonds. The van der Waals surface area contributed by atoms with Crippen molar-refractivity contribution < 1.29 is 23.1 Å². The summed E-state index contributed by atoms with van der Waals surface area (Å²) < 4.78 is 31.0. The van der Waals surface area contributed by atoms with E-state index in [0.29, 0.717) is 13.2 Å². The minimum absolute atomic E-state index is 0.0214. The van der Waals surface area contributed by atoms with Crippen molar-refractivity contribution in [1.29, 1.82) is 0 Å². The normalized spacial score (nSPS) is 12.9. The lowest BCUT2D eigenvalue weighted by atomic mass is 10.3. The number of carbonyl (C=O) groups is 1. The van der Waals surface area contributed by atoms with Crippen LogP contribution in [0, 0.1) is 0 Å². The summed E-state index contributed by atoms with van der Waals surface area (Å²) in [5.41, 5.74) is 0. The van der Waals surface area contributed by atoms with Crippen molar-refractivity contribution >= 4 is 15.9 Å². The molecular formula is C12H18N2O5S. The molecule has 0 heterocycles. The summed E-state index contributed by atoms with van der Waals surface area (Å²) in [5, 5.41) is 11.7. The highest BCUT2D eigenvalue weighted by Crippen LogP contribution is 2.14. The number of amides is 1. The van der Waals surface area contributed by atoms with Crippen LogP contribution in [-0.4, -0.2) is 45.7 Å². The summed E-state index contributed by atoms with van der Waals surface area (Å²) in [6, 6.07) is 4.13. The molecule has 1 rings (SSSR count). The number of rotatable bonds is 7. The maximum absolute atomic E-state index is 12.0. The van der Waals surface area contributed by atoms with E-state index >= 15 is 0 Å². The Labute approximate surface area is 118 Å².